The minimum Gasteiger partial charge on any atom is -0.505 e. The normalized spacial score (nSPS) is 10.2. The van der Waals surface area contributed by atoms with Crippen molar-refractivity contribution >= 4 is 5.97 Å². The van der Waals surface area contributed by atoms with Gasteiger partial charge in [0.1, 0.15) is 0 Å². The van der Waals surface area contributed by atoms with Gasteiger partial charge in [-0.25, -0.2) is 4.39 Å². The molecule has 0 amide bonds. The lowest BCUT2D eigenvalue weighted by atomic mass is 10.1. The summed E-state index contributed by atoms with van der Waals surface area (Å²) >= 11 is 0. The molecule has 0 unspecified atom stereocenters. The molecule has 2 N–H and O–H groups in total. The number of rotatable bonds is 4. The van der Waals surface area contributed by atoms with Gasteiger partial charge in [-0.2, -0.15) is 4.39 Å². The molecule has 0 aliphatic carbocycles. The highest BCUT2D eigenvalue weighted by molar-refractivity contribution is 5.67. The molecular formula is C10H10F2O4. The van der Waals surface area contributed by atoms with Crippen molar-refractivity contribution in [3.63, 3.8) is 0 Å². The van der Waals surface area contributed by atoms with Crippen molar-refractivity contribution in [2.75, 3.05) is 7.11 Å². The number of carbonyl (C=O) groups is 1. The second-order valence-corrected chi connectivity index (χ2v) is 3.11. The van der Waals surface area contributed by atoms with E-state index < -0.39 is 29.1 Å². The number of aromatic hydroxyl groups is 1. The van der Waals surface area contributed by atoms with E-state index in [2.05, 4.69) is 4.74 Å². The van der Waals surface area contributed by atoms with Crippen LogP contribution in [0.3, 0.4) is 0 Å². The number of phenolic OH excluding ortho intramolecular Hbond substituents is 1. The number of halogens is 2. The summed E-state index contributed by atoms with van der Waals surface area (Å²) in [5, 5.41) is 17.7. The van der Waals surface area contributed by atoms with Crippen molar-refractivity contribution in [1.29, 1.82) is 0 Å². The number of carboxylic acid groups (broad SMARTS) is 1. The van der Waals surface area contributed by atoms with Crippen molar-refractivity contribution in [1.82, 2.24) is 0 Å². The molecule has 0 saturated carbocycles. The zero-order valence-corrected chi connectivity index (χ0v) is 8.46. The largest absolute Gasteiger partial charge is 0.505 e. The summed E-state index contributed by atoms with van der Waals surface area (Å²) in [6.07, 6.45) is -0.474. The zero-order chi connectivity index (χ0) is 12.3. The highest BCUT2D eigenvalue weighted by Gasteiger charge is 2.18. The van der Waals surface area contributed by atoms with Crippen molar-refractivity contribution in [3.8, 4) is 11.5 Å². The van der Waals surface area contributed by atoms with E-state index in [1.165, 1.54) is 0 Å². The van der Waals surface area contributed by atoms with Gasteiger partial charge >= 0.3 is 5.97 Å². The summed E-state index contributed by atoms with van der Waals surface area (Å²) in [6, 6.07) is 0.861. The van der Waals surface area contributed by atoms with Crippen molar-refractivity contribution in [3.05, 3.63) is 23.3 Å². The first-order valence-corrected chi connectivity index (χ1v) is 4.43. The number of ether oxygens (including phenoxy) is 1. The Morgan fingerprint density at radius 2 is 2.12 bits per heavy atom. The van der Waals surface area contributed by atoms with Crippen LogP contribution in [0.2, 0.25) is 0 Å². The maximum atomic E-state index is 13.3. The lowest BCUT2D eigenvalue weighted by Gasteiger charge is -2.09. The van der Waals surface area contributed by atoms with E-state index in [-0.39, 0.29) is 18.4 Å². The minimum absolute atomic E-state index is 0.0989. The number of aryl methyl sites for hydroxylation is 1. The maximum Gasteiger partial charge on any atom is 0.303 e. The summed E-state index contributed by atoms with van der Waals surface area (Å²) in [4.78, 5) is 10.3. The van der Waals surface area contributed by atoms with Crippen LogP contribution < -0.4 is 4.74 Å². The monoisotopic (exact) mass is 232 g/mol. The van der Waals surface area contributed by atoms with E-state index >= 15 is 0 Å². The number of methoxy groups -OCH3 is 1. The number of benzene rings is 1. The molecule has 0 bridgehead atoms. The van der Waals surface area contributed by atoms with E-state index in [4.69, 9.17) is 5.11 Å². The summed E-state index contributed by atoms with van der Waals surface area (Å²) in [6.45, 7) is 0. The van der Waals surface area contributed by atoms with Gasteiger partial charge in [0.25, 0.3) is 0 Å². The smallest absolute Gasteiger partial charge is 0.303 e. The average Bonchev–Trinajstić information content (AvgIpc) is 2.22. The second kappa shape index (κ2) is 4.78. The van der Waals surface area contributed by atoms with E-state index in [9.17, 15) is 18.7 Å². The number of aliphatic carboxylic acids is 1. The number of carboxylic acids is 1. The fourth-order valence-electron chi connectivity index (χ4n) is 1.26. The third kappa shape index (κ3) is 2.39. The second-order valence-electron chi connectivity index (χ2n) is 3.11. The first-order chi connectivity index (χ1) is 7.47. The van der Waals surface area contributed by atoms with Crippen molar-refractivity contribution in [2.45, 2.75) is 12.8 Å². The van der Waals surface area contributed by atoms with Gasteiger partial charge in [0.05, 0.1) is 7.11 Å². The summed E-state index contributed by atoms with van der Waals surface area (Å²) < 4.78 is 30.9. The molecule has 16 heavy (non-hydrogen) atoms. The van der Waals surface area contributed by atoms with Gasteiger partial charge in [0, 0.05) is 12.0 Å². The summed E-state index contributed by atoms with van der Waals surface area (Å²) in [5.41, 5.74) is -0.0989. The Morgan fingerprint density at radius 3 is 2.62 bits per heavy atom. The quantitative estimate of drug-likeness (QED) is 0.829. The minimum atomic E-state index is -1.22. The fraction of sp³-hybridized carbons (Fsp3) is 0.300. The Kier molecular flexibility index (Phi) is 3.65. The highest BCUT2D eigenvalue weighted by Crippen LogP contribution is 2.32. The molecule has 1 aromatic rings. The Morgan fingerprint density at radius 1 is 1.50 bits per heavy atom. The zero-order valence-electron chi connectivity index (χ0n) is 8.46. The van der Waals surface area contributed by atoms with Gasteiger partial charge in [-0.05, 0) is 12.5 Å². The van der Waals surface area contributed by atoms with E-state index in [1.54, 1.807) is 0 Å². The van der Waals surface area contributed by atoms with E-state index in [1.807, 2.05) is 0 Å². The van der Waals surface area contributed by atoms with Crippen LogP contribution in [0, 0.1) is 11.6 Å². The van der Waals surface area contributed by atoms with Gasteiger partial charge in [-0.15, -0.1) is 0 Å². The lowest BCUT2D eigenvalue weighted by molar-refractivity contribution is -0.136. The third-order valence-corrected chi connectivity index (χ3v) is 2.04. The van der Waals surface area contributed by atoms with Gasteiger partial charge in [-0.1, -0.05) is 0 Å². The van der Waals surface area contributed by atoms with Crippen LogP contribution in [-0.2, 0) is 11.2 Å². The predicted molar refractivity (Wildman–Crippen MR) is 50.5 cm³/mol. The predicted octanol–water partition coefficient (Wildman–Crippen LogP) is 1.70. The van der Waals surface area contributed by atoms with Crippen molar-refractivity contribution < 1.29 is 28.5 Å². The third-order valence-electron chi connectivity index (χ3n) is 2.04. The number of phenols is 1. The average molecular weight is 232 g/mol. The Labute approximate surface area is 90.1 Å². The first kappa shape index (κ1) is 12.2. The molecule has 0 spiro atoms. The molecule has 0 aliphatic rings. The molecule has 0 heterocycles. The number of hydrogen-bond acceptors (Lipinski definition) is 3. The molecule has 0 aromatic heterocycles. The van der Waals surface area contributed by atoms with Crippen LogP contribution in [-0.4, -0.2) is 23.3 Å². The standard InChI is InChI=1S/C10H10F2O4/c1-16-10-6(11)4-5(2-3-7(13)14)9(15)8(10)12/h4,15H,2-3H2,1H3,(H,13,14). The molecule has 0 fully saturated rings. The van der Waals surface area contributed by atoms with Crippen molar-refractivity contribution in [2.24, 2.45) is 0 Å². The van der Waals surface area contributed by atoms with E-state index in [0.29, 0.717) is 0 Å². The Balaban J connectivity index is 3.08. The van der Waals surface area contributed by atoms with Crippen LogP contribution >= 0.6 is 0 Å². The molecule has 6 heteroatoms. The van der Waals surface area contributed by atoms with Gasteiger partial charge in [0.2, 0.25) is 5.82 Å². The van der Waals surface area contributed by atoms with Crippen LogP contribution in [0.1, 0.15) is 12.0 Å². The van der Waals surface area contributed by atoms with E-state index in [0.717, 1.165) is 13.2 Å². The fourth-order valence-corrected chi connectivity index (χ4v) is 1.26. The molecule has 4 nitrogen and oxygen atoms in total. The van der Waals surface area contributed by atoms with Crippen LogP contribution in [0.4, 0.5) is 8.78 Å². The lowest BCUT2D eigenvalue weighted by Crippen LogP contribution is -2.01. The Hall–Kier alpha value is -1.85. The van der Waals surface area contributed by atoms with Gasteiger partial charge in [0.15, 0.2) is 17.3 Å². The molecular weight excluding hydrogens is 222 g/mol. The van der Waals surface area contributed by atoms with Crippen LogP contribution in [0.15, 0.2) is 6.07 Å². The Bertz CT molecular complexity index is 418. The molecule has 0 aliphatic heterocycles. The highest BCUT2D eigenvalue weighted by atomic mass is 19.1. The molecule has 0 atom stereocenters. The summed E-state index contributed by atoms with van der Waals surface area (Å²) in [7, 11) is 1.07. The van der Waals surface area contributed by atoms with Crippen LogP contribution in [0.5, 0.6) is 11.5 Å². The molecule has 0 radical (unpaired) electrons. The van der Waals surface area contributed by atoms with Gasteiger partial charge in [-0.3, -0.25) is 4.79 Å². The first-order valence-electron chi connectivity index (χ1n) is 4.43. The van der Waals surface area contributed by atoms with Crippen LogP contribution in [0.25, 0.3) is 0 Å². The number of hydrogen-bond donors (Lipinski definition) is 2. The molecule has 88 valence electrons. The maximum absolute atomic E-state index is 13.3. The molecule has 1 aromatic carbocycles. The molecule has 1 rings (SSSR count). The summed E-state index contributed by atoms with van der Waals surface area (Å²) in [5.74, 6) is -4.77. The molecule has 0 saturated heterocycles. The SMILES string of the molecule is COc1c(F)cc(CCC(=O)O)c(O)c1F. The topological polar surface area (TPSA) is 66.8 Å². The van der Waals surface area contributed by atoms with Gasteiger partial charge < -0.3 is 14.9 Å².